The first kappa shape index (κ1) is 17.9. The third-order valence-electron chi connectivity index (χ3n) is 4.06. The summed E-state index contributed by atoms with van der Waals surface area (Å²) in [5, 5.41) is 3.33. The van der Waals surface area contributed by atoms with E-state index in [9.17, 15) is 4.79 Å². The molecule has 4 rings (SSSR count). The van der Waals surface area contributed by atoms with E-state index < -0.39 is 0 Å². The van der Waals surface area contributed by atoms with Gasteiger partial charge in [-0.15, -0.1) is 22.7 Å². The second kappa shape index (κ2) is 7.61. The van der Waals surface area contributed by atoms with Gasteiger partial charge in [0.1, 0.15) is 5.78 Å². The highest BCUT2D eigenvalue weighted by Gasteiger charge is 2.11. The van der Waals surface area contributed by atoms with Crippen molar-refractivity contribution in [3.05, 3.63) is 56.5 Å². The Morgan fingerprint density at radius 3 is 1.69 bits per heavy atom. The number of benzene rings is 2. The smallest absolute Gasteiger partial charge is 0.133 e. The molecular weight excluding hydrogens is 407 g/mol. The SMILES string of the molecule is O=C(CCc1nc2cccc(Cl)c2s1)CCc1nc2cccc(Cl)c2s1. The van der Waals surface area contributed by atoms with Crippen LogP contribution in [0.25, 0.3) is 20.4 Å². The molecule has 0 saturated carbocycles. The van der Waals surface area contributed by atoms with E-state index in [-0.39, 0.29) is 5.78 Å². The second-order valence-corrected chi connectivity index (χ2v) is 8.91. The predicted octanol–water partition coefficient (Wildman–Crippen LogP) is 6.35. The van der Waals surface area contributed by atoms with Crippen molar-refractivity contribution in [2.75, 3.05) is 0 Å². The molecular formula is C19H14Cl2N2OS2. The number of carbonyl (C=O) groups is 1. The fourth-order valence-electron chi connectivity index (χ4n) is 2.75. The van der Waals surface area contributed by atoms with Crippen LogP contribution < -0.4 is 0 Å². The second-order valence-electron chi connectivity index (χ2n) is 5.93. The number of halogens is 2. The van der Waals surface area contributed by atoms with Gasteiger partial charge in [0.05, 0.1) is 40.5 Å². The summed E-state index contributed by atoms with van der Waals surface area (Å²) in [6.07, 6.45) is 2.28. The van der Waals surface area contributed by atoms with Crippen molar-refractivity contribution in [3.63, 3.8) is 0 Å². The first-order valence-corrected chi connectivity index (χ1v) is 10.6. The first-order valence-electron chi connectivity index (χ1n) is 8.20. The van der Waals surface area contributed by atoms with Gasteiger partial charge in [-0.25, -0.2) is 9.97 Å². The van der Waals surface area contributed by atoms with E-state index in [1.54, 1.807) is 22.7 Å². The molecule has 2 aromatic heterocycles. The molecule has 132 valence electrons. The molecule has 0 aliphatic rings. The van der Waals surface area contributed by atoms with Crippen molar-refractivity contribution in [3.8, 4) is 0 Å². The number of nitrogens with zero attached hydrogens (tertiary/aromatic N) is 2. The maximum atomic E-state index is 12.3. The van der Waals surface area contributed by atoms with Crippen LogP contribution in [0.3, 0.4) is 0 Å². The van der Waals surface area contributed by atoms with Gasteiger partial charge >= 0.3 is 0 Å². The van der Waals surface area contributed by atoms with Crippen LogP contribution in [0.2, 0.25) is 10.0 Å². The van der Waals surface area contributed by atoms with Gasteiger partial charge in [0.15, 0.2) is 0 Å². The average molecular weight is 421 g/mol. The minimum atomic E-state index is 0.223. The van der Waals surface area contributed by atoms with Crippen molar-refractivity contribution in [1.82, 2.24) is 9.97 Å². The van der Waals surface area contributed by atoms with E-state index in [4.69, 9.17) is 23.2 Å². The van der Waals surface area contributed by atoms with Gasteiger partial charge in [-0.1, -0.05) is 35.3 Å². The van der Waals surface area contributed by atoms with Gasteiger partial charge < -0.3 is 0 Å². The standard InChI is InChI=1S/C19H14Cl2N2OS2/c20-12-3-1-5-14-18(12)25-16(22-14)9-7-11(24)8-10-17-23-15-6-2-4-13(21)19(15)26-17/h1-6H,7-10H2. The molecule has 0 aliphatic heterocycles. The van der Waals surface area contributed by atoms with E-state index in [1.165, 1.54) is 0 Å². The van der Waals surface area contributed by atoms with Crippen molar-refractivity contribution < 1.29 is 4.79 Å². The van der Waals surface area contributed by atoms with Crippen LogP contribution in [-0.2, 0) is 17.6 Å². The Balaban J connectivity index is 1.35. The lowest BCUT2D eigenvalue weighted by Crippen LogP contribution is -2.01. The van der Waals surface area contributed by atoms with Gasteiger partial charge in [-0.05, 0) is 24.3 Å². The number of rotatable bonds is 6. The third-order valence-corrected chi connectivity index (χ3v) is 7.24. The van der Waals surface area contributed by atoms with Crippen LogP contribution in [0, 0.1) is 0 Å². The number of Topliss-reactive ketones (excluding diaryl/α,β-unsaturated/α-hetero) is 1. The molecule has 7 heteroatoms. The summed E-state index contributed by atoms with van der Waals surface area (Å²) in [6.45, 7) is 0. The van der Waals surface area contributed by atoms with Crippen LogP contribution in [0.4, 0.5) is 0 Å². The topological polar surface area (TPSA) is 42.9 Å². The molecule has 2 heterocycles. The number of hydrogen-bond acceptors (Lipinski definition) is 5. The summed E-state index contributed by atoms with van der Waals surface area (Å²) in [5.74, 6) is 0.223. The molecule has 0 saturated heterocycles. The van der Waals surface area contributed by atoms with Crippen LogP contribution in [0.1, 0.15) is 22.9 Å². The minimum Gasteiger partial charge on any atom is -0.300 e. The molecule has 4 aromatic rings. The lowest BCUT2D eigenvalue weighted by molar-refractivity contribution is -0.119. The Kier molecular flexibility index (Phi) is 5.23. The summed E-state index contributed by atoms with van der Waals surface area (Å²) in [6, 6.07) is 11.4. The number of thiazole rings is 2. The number of aromatic nitrogens is 2. The van der Waals surface area contributed by atoms with Crippen LogP contribution in [-0.4, -0.2) is 15.8 Å². The molecule has 26 heavy (non-hydrogen) atoms. The van der Waals surface area contributed by atoms with Gasteiger partial charge in [0.2, 0.25) is 0 Å². The Bertz CT molecular complexity index is 1020. The average Bonchev–Trinajstić information content (AvgIpc) is 3.23. The molecule has 0 aliphatic carbocycles. The molecule has 3 nitrogen and oxygen atoms in total. The molecule has 0 spiro atoms. The highest BCUT2D eigenvalue weighted by molar-refractivity contribution is 7.19. The fraction of sp³-hybridized carbons (Fsp3) is 0.211. The summed E-state index contributed by atoms with van der Waals surface area (Å²) < 4.78 is 1.98. The highest BCUT2D eigenvalue weighted by atomic mass is 35.5. The van der Waals surface area contributed by atoms with E-state index in [0.717, 1.165) is 30.4 Å². The molecule has 2 aromatic carbocycles. The number of hydrogen-bond donors (Lipinski definition) is 0. The molecule has 0 radical (unpaired) electrons. The lowest BCUT2D eigenvalue weighted by atomic mass is 10.1. The van der Waals surface area contributed by atoms with E-state index >= 15 is 0 Å². The quantitative estimate of drug-likeness (QED) is 0.365. The highest BCUT2D eigenvalue weighted by Crippen LogP contribution is 2.31. The van der Waals surface area contributed by atoms with Gasteiger partial charge in [0, 0.05) is 25.7 Å². The Morgan fingerprint density at radius 2 is 1.27 bits per heavy atom. The fourth-order valence-corrected chi connectivity index (χ4v) is 5.26. The zero-order valence-corrected chi connectivity index (χ0v) is 16.8. The lowest BCUT2D eigenvalue weighted by Gasteiger charge is -1.97. The molecule has 0 bridgehead atoms. The normalized spacial score (nSPS) is 11.5. The first-order chi connectivity index (χ1) is 12.6. The molecule has 0 fully saturated rings. The number of ketones is 1. The monoisotopic (exact) mass is 420 g/mol. The van der Waals surface area contributed by atoms with E-state index in [0.29, 0.717) is 35.7 Å². The summed E-state index contributed by atoms with van der Waals surface area (Å²) in [5.41, 5.74) is 1.80. The Labute approximate surface area is 168 Å². The van der Waals surface area contributed by atoms with Crippen LogP contribution >= 0.6 is 45.9 Å². The van der Waals surface area contributed by atoms with E-state index in [1.807, 2.05) is 36.4 Å². The van der Waals surface area contributed by atoms with Gasteiger partial charge in [-0.2, -0.15) is 0 Å². The van der Waals surface area contributed by atoms with Gasteiger partial charge in [0.25, 0.3) is 0 Å². The number of fused-ring (bicyclic) bond motifs is 2. The molecule has 0 unspecified atom stereocenters. The number of aryl methyl sites for hydroxylation is 2. The van der Waals surface area contributed by atoms with Crippen molar-refractivity contribution >= 4 is 72.1 Å². The zero-order chi connectivity index (χ0) is 18.1. The maximum absolute atomic E-state index is 12.3. The minimum absolute atomic E-state index is 0.223. The van der Waals surface area contributed by atoms with Crippen LogP contribution in [0.5, 0.6) is 0 Å². The zero-order valence-electron chi connectivity index (χ0n) is 13.7. The van der Waals surface area contributed by atoms with E-state index in [2.05, 4.69) is 9.97 Å². The molecule has 0 amide bonds. The Hall–Kier alpha value is -1.53. The summed E-state index contributed by atoms with van der Waals surface area (Å²) in [4.78, 5) is 21.4. The summed E-state index contributed by atoms with van der Waals surface area (Å²) in [7, 11) is 0. The summed E-state index contributed by atoms with van der Waals surface area (Å²) >= 11 is 15.5. The van der Waals surface area contributed by atoms with Crippen molar-refractivity contribution in [1.29, 1.82) is 0 Å². The molecule has 0 atom stereocenters. The maximum Gasteiger partial charge on any atom is 0.133 e. The third kappa shape index (κ3) is 3.76. The molecule has 0 N–H and O–H groups in total. The largest absolute Gasteiger partial charge is 0.300 e. The van der Waals surface area contributed by atoms with Crippen LogP contribution in [0.15, 0.2) is 36.4 Å². The van der Waals surface area contributed by atoms with Gasteiger partial charge in [-0.3, -0.25) is 4.79 Å². The van der Waals surface area contributed by atoms with Crippen molar-refractivity contribution in [2.45, 2.75) is 25.7 Å². The van der Waals surface area contributed by atoms with Crippen molar-refractivity contribution in [2.24, 2.45) is 0 Å². The number of carbonyl (C=O) groups excluding carboxylic acids is 1. The Morgan fingerprint density at radius 1 is 0.808 bits per heavy atom. The predicted molar refractivity (Wildman–Crippen MR) is 111 cm³/mol.